The van der Waals surface area contributed by atoms with Gasteiger partial charge in [0.1, 0.15) is 29.6 Å². The average Bonchev–Trinajstić information content (AvgIpc) is 3.65. The fourth-order valence-electron chi connectivity index (χ4n) is 4.89. The van der Waals surface area contributed by atoms with Gasteiger partial charge in [-0.15, -0.1) is 0 Å². The summed E-state index contributed by atoms with van der Waals surface area (Å²) >= 11 is 13.0. The van der Waals surface area contributed by atoms with Crippen LogP contribution in [0.4, 0.5) is 0 Å². The third kappa shape index (κ3) is 4.58. The Balaban J connectivity index is 1.32. The first-order valence-corrected chi connectivity index (χ1v) is 13.1. The topological polar surface area (TPSA) is 77.6 Å². The summed E-state index contributed by atoms with van der Waals surface area (Å²) in [6, 6.07) is 14.9. The lowest BCUT2D eigenvalue weighted by atomic mass is 9.82. The molecule has 2 aromatic heterocycles. The molecule has 2 aliphatic rings. The zero-order valence-electron chi connectivity index (χ0n) is 20.6. The highest BCUT2D eigenvalue weighted by Gasteiger charge is 2.35. The van der Waals surface area contributed by atoms with Gasteiger partial charge in [-0.3, -0.25) is 0 Å². The minimum absolute atomic E-state index is 0.0367. The zero-order chi connectivity index (χ0) is 25.7. The lowest BCUT2D eigenvalue weighted by molar-refractivity contribution is 0.281. The van der Waals surface area contributed by atoms with E-state index >= 15 is 0 Å². The maximum absolute atomic E-state index is 9.55. The number of ether oxygens (including phenoxy) is 2. The molecule has 0 amide bonds. The van der Waals surface area contributed by atoms with E-state index in [1.807, 2.05) is 30.3 Å². The summed E-state index contributed by atoms with van der Waals surface area (Å²) in [7, 11) is 0. The monoisotopic (exact) mass is 536 g/mol. The van der Waals surface area contributed by atoms with Crippen molar-refractivity contribution in [1.29, 1.82) is 0 Å². The van der Waals surface area contributed by atoms with E-state index in [9.17, 15) is 5.11 Å². The number of fused-ring (bicyclic) bond motifs is 2. The van der Waals surface area contributed by atoms with E-state index in [0.29, 0.717) is 38.9 Å². The van der Waals surface area contributed by atoms with Crippen molar-refractivity contribution in [3.63, 3.8) is 0 Å². The van der Waals surface area contributed by atoms with E-state index in [2.05, 4.69) is 19.0 Å². The van der Waals surface area contributed by atoms with Gasteiger partial charge < -0.3 is 19.1 Å². The molecule has 6 nitrogen and oxygen atoms in total. The second-order valence-electron chi connectivity index (χ2n) is 10.3. The number of aliphatic hydroxyl groups excluding tert-OH is 1. The maximum atomic E-state index is 9.55. The molecule has 1 fully saturated rings. The summed E-state index contributed by atoms with van der Waals surface area (Å²) in [6.45, 7) is 4.47. The highest BCUT2D eigenvalue weighted by Crippen LogP contribution is 2.47. The molecule has 2 aromatic carbocycles. The molecule has 8 heteroatoms. The van der Waals surface area contributed by atoms with Crippen molar-refractivity contribution < 1.29 is 19.1 Å². The molecule has 37 heavy (non-hydrogen) atoms. The molecular formula is C29H26Cl2N2O4. The Kier molecular flexibility index (Phi) is 6.14. The van der Waals surface area contributed by atoms with Crippen LogP contribution in [-0.2, 0) is 25.0 Å². The Hall–Kier alpha value is -3.06. The summed E-state index contributed by atoms with van der Waals surface area (Å²) in [4.78, 5) is 4.88. The normalized spacial score (nSPS) is 15.9. The van der Waals surface area contributed by atoms with Crippen molar-refractivity contribution in [1.82, 2.24) is 10.1 Å². The van der Waals surface area contributed by atoms with E-state index in [-0.39, 0.29) is 18.6 Å². The van der Waals surface area contributed by atoms with Crippen LogP contribution in [0.15, 0.2) is 53.1 Å². The second-order valence-corrected chi connectivity index (χ2v) is 11.1. The van der Waals surface area contributed by atoms with Crippen LogP contribution in [0.3, 0.4) is 0 Å². The van der Waals surface area contributed by atoms with Crippen LogP contribution < -0.4 is 9.47 Å². The standard InChI is InChI=1S/C29H26Cl2N2O4/c1-29(2)13-18-7-6-16(14-34)12-23(18)36-22-10-11-24(32-28(22)29)35-15-19-26(33-37-27(19)17-8-9-17)25-20(30)4-3-5-21(25)31/h3-7,10-12,17,34H,8-9,13-15H2,1-2H3. The molecule has 0 radical (unpaired) electrons. The summed E-state index contributed by atoms with van der Waals surface area (Å²) in [6.07, 6.45) is 2.85. The van der Waals surface area contributed by atoms with E-state index in [1.54, 1.807) is 18.2 Å². The fourth-order valence-corrected chi connectivity index (χ4v) is 5.46. The molecular weight excluding hydrogens is 511 g/mol. The van der Waals surface area contributed by atoms with Gasteiger partial charge >= 0.3 is 0 Å². The number of hydrogen-bond acceptors (Lipinski definition) is 6. The van der Waals surface area contributed by atoms with Gasteiger partial charge in [0.2, 0.25) is 5.88 Å². The maximum Gasteiger partial charge on any atom is 0.214 e. The number of pyridine rings is 1. The number of nitrogens with zero attached hydrogens (tertiary/aromatic N) is 2. The second kappa shape index (κ2) is 9.35. The molecule has 3 heterocycles. The minimum Gasteiger partial charge on any atom is -0.473 e. The minimum atomic E-state index is -0.298. The summed E-state index contributed by atoms with van der Waals surface area (Å²) < 4.78 is 18.3. The van der Waals surface area contributed by atoms with Gasteiger partial charge in [0, 0.05) is 23.0 Å². The summed E-state index contributed by atoms with van der Waals surface area (Å²) in [5.41, 5.74) is 4.48. The van der Waals surface area contributed by atoms with E-state index in [1.165, 1.54) is 0 Å². The van der Waals surface area contributed by atoms with Gasteiger partial charge in [-0.2, -0.15) is 0 Å². The molecule has 0 atom stereocenters. The first-order chi connectivity index (χ1) is 17.8. The molecule has 1 aliphatic heterocycles. The van der Waals surface area contributed by atoms with Crippen LogP contribution in [0, 0.1) is 0 Å². The van der Waals surface area contributed by atoms with E-state index in [0.717, 1.165) is 53.2 Å². The Morgan fingerprint density at radius 2 is 1.84 bits per heavy atom. The van der Waals surface area contributed by atoms with Gasteiger partial charge in [0.15, 0.2) is 0 Å². The molecule has 4 aromatic rings. The van der Waals surface area contributed by atoms with Gasteiger partial charge in [0.25, 0.3) is 0 Å². The van der Waals surface area contributed by atoms with Gasteiger partial charge in [-0.1, -0.05) is 60.4 Å². The number of benzene rings is 2. The quantitative estimate of drug-likeness (QED) is 0.273. The highest BCUT2D eigenvalue weighted by molar-refractivity contribution is 6.39. The van der Waals surface area contributed by atoms with Gasteiger partial charge in [-0.25, -0.2) is 4.98 Å². The molecule has 1 saturated carbocycles. The van der Waals surface area contributed by atoms with Crippen LogP contribution in [0.2, 0.25) is 10.0 Å². The van der Waals surface area contributed by atoms with Crippen molar-refractivity contribution in [2.24, 2.45) is 0 Å². The predicted molar refractivity (Wildman–Crippen MR) is 142 cm³/mol. The zero-order valence-corrected chi connectivity index (χ0v) is 22.1. The Bertz CT molecular complexity index is 1470. The van der Waals surface area contributed by atoms with E-state index < -0.39 is 0 Å². The Morgan fingerprint density at radius 1 is 1.05 bits per heavy atom. The molecule has 0 unspecified atom stereocenters. The molecule has 1 N–H and O–H groups in total. The number of rotatable bonds is 6. The lowest BCUT2D eigenvalue weighted by Gasteiger charge is -2.23. The largest absolute Gasteiger partial charge is 0.473 e. The van der Waals surface area contributed by atoms with Crippen LogP contribution in [0.25, 0.3) is 11.3 Å². The SMILES string of the molecule is CC1(C)Cc2ccc(CO)cc2Oc2ccc(OCc3c(-c4c(Cl)cccc4Cl)noc3C3CC3)nc21. The highest BCUT2D eigenvalue weighted by atomic mass is 35.5. The molecule has 190 valence electrons. The molecule has 0 spiro atoms. The van der Waals surface area contributed by atoms with Crippen LogP contribution in [-0.4, -0.2) is 15.2 Å². The summed E-state index contributed by atoms with van der Waals surface area (Å²) in [5, 5.41) is 14.9. The van der Waals surface area contributed by atoms with Crippen LogP contribution in [0.5, 0.6) is 17.4 Å². The van der Waals surface area contributed by atoms with Crippen molar-refractivity contribution in [2.45, 2.75) is 57.7 Å². The smallest absolute Gasteiger partial charge is 0.214 e. The van der Waals surface area contributed by atoms with Gasteiger partial charge in [0.05, 0.1) is 27.9 Å². The predicted octanol–water partition coefficient (Wildman–Crippen LogP) is 7.62. The van der Waals surface area contributed by atoms with E-state index in [4.69, 9.17) is 42.2 Å². The molecule has 0 bridgehead atoms. The molecule has 0 saturated heterocycles. The first-order valence-electron chi connectivity index (χ1n) is 12.3. The lowest BCUT2D eigenvalue weighted by Crippen LogP contribution is -2.21. The van der Waals surface area contributed by atoms with Crippen LogP contribution in [0.1, 0.15) is 60.8 Å². The average molecular weight is 537 g/mol. The Morgan fingerprint density at radius 3 is 2.57 bits per heavy atom. The van der Waals surface area contributed by atoms with Crippen molar-refractivity contribution in [3.05, 3.63) is 86.7 Å². The number of aliphatic hydroxyl groups is 1. The first kappa shape index (κ1) is 24.3. The summed E-state index contributed by atoms with van der Waals surface area (Å²) in [5.74, 6) is 3.05. The Labute approximate surface area is 225 Å². The van der Waals surface area contributed by atoms with Crippen LogP contribution >= 0.6 is 23.2 Å². The number of hydrogen-bond donors (Lipinski definition) is 1. The van der Waals surface area contributed by atoms with Gasteiger partial charge in [-0.05, 0) is 54.7 Å². The third-order valence-corrected chi connectivity index (χ3v) is 7.60. The number of halogens is 2. The fraction of sp³-hybridized carbons (Fsp3) is 0.310. The van der Waals surface area contributed by atoms with Crippen molar-refractivity contribution >= 4 is 23.2 Å². The van der Waals surface area contributed by atoms with Crippen molar-refractivity contribution in [3.8, 4) is 28.6 Å². The van der Waals surface area contributed by atoms with Crippen molar-refractivity contribution in [2.75, 3.05) is 0 Å². The molecule has 6 rings (SSSR count). The third-order valence-electron chi connectivity index (χ3n) is 6.97. The number of aromatic nitrogens is 2. The molecule has 1 aliphatic carbocycles.